The molecule has 3 rings (SSSR count). The lowest BCUT2D eigenvalue weighted by atomic mass is 10.1. The SMILES string of the molecule is O=C(CN[C@@H](c1ccc(F)cc1)c1cccs1)Nc1ccccc1. The van der Waals surface area contributed by atoms with E-state index < -0.39 is 0 Å². The maximum atomic E-state index is 13.2. The van der Waals surface area contributed by atoms with E-state index in [4.69, 9.17) is 0 Å². The van der Waals surface area contributed by atoms with Gasteiger partial charge in [-0.25, -0.2) is 4.39 Å². The van der Waals surface area contributed by atoms with Gasteiger partial charge in [-0.15, -0.1) is 11.3 Å². The van der Waals surface area contributed by atoms with Crippen molar-refractivity contribution in [1.29, 1.82) is 0 Å². The molecule has 24 heavy (non-hydrogen) atoms. The van der Waals surface area contributed by atoms with Gasteiger partial charge in [0.25, 0.3) is 0 Å². The lowest BCUT2D eigenvalue weighted by Crippen LogP contribution is -2.31. The molecule has 0 bridgehead atoms. The summed E-state index contributed by atoms with van der Waals surface area (Å²) in [6, 6.07) is 19.5. The van der Waals surface area contributed by atoms with Crippen molar-refractivity contribution in [1.82, 2.24) is 5.32 Å². The highest BCUT2D eigenvalue weighted by Gasteiger charge is 2.16. The summed E-state index contributed by atoms with van der Waals surface area (Å²) in [5.74, 6) is -0.393. The van der Waals surface area contributed by atoms with Gasteiger partial charge in [0.05, 0.1) is 12.6 Å². The molecule has 1 aromatic heterocycles. The Labute approximate surface area is 144 Å². The van der Waals surface area contributed by atoms with Crippen LogP contribution in [-0.4, -0.2) is 12.5 Å². The van der Waals surface area contributed by atoms with Crippen molar-refractivity contribution in [3.63, 3.8) is 0 Å². The second-order valence-electron chi connectivity index (χ2n) is 5.30. The highest BCUT2D eigenvalue weighted by molar-refractivity contribution is 7.10. The molecule has 0 aliphatic carbocycles. The summed E-state index contributed by atoms with van der Waals surface area (Å²) in [5, 5.41) is 8.08. The lowest BCUT2D eigenvalue weighted by molar-refractivity contribution is -0.115. The maximum absolute atomic E-state index is 13.2. The van der Waals surface area contributed by atoms with Gasteiger partial charge in [0.1, 0.15) is 5.82 Å². The molecule has 2 N–H and O–H groups in total. The zero-order valence-corrected chi connectivity index (χ0v) is 13.7. The minimum absolute atomic E-state index is 0.120. The van der Waals surface area contributed by atoms with Crippen LogP contribution in [-0.2, 0) is 4.79 Å². The Bertz CT molecular complexity index is 773. The number of benzene rings is 2. The average Bonchev–Trinajstić information content (AvgIpc) is 3.12. The first-order chi connectivity index (χ1) is 11.7. The first-order valence-corrected chi connectivity index (χ1v) is 8.47. The van der Waals surface area contributed by atoms with Gasteiger partial charge in [-0.2, -0.15) is 0 Å². The Morgan fingerprint density at radius 1 is 1.00 bits per heavy atom. The largest absolute Gasteiger partial charge is 0.325 e. The summed E-state index contributed by atoms with van der Waals surface area (Å²) in [7, 11) is 0. The summed E-state index contributed by atoms with van der Waals surface area (Å²) < 4.78 is 13.2. The Hall–Kier alpha value is -2.50. The number of hydrogen-bond acceptors (Lipinski definition) is 3. The van der Waals surface area contributed by atoms with E-state index in [2.05, 4.69) is 10.6 Å². The first-order valence-electron chi connectivity index (χ1n) is 7.59. The highest BCUT2D eigenvalue weighted by atomic mass is 32.1. The van der Waals surface area contributed by atoms with Crippen molar-refractivity contribution in [2.24, 2.45) is 0 Å². The van der Waals surface area contributed by atoms with Gasteiger partial charge < -0.3 is 5.32 Å². The summed E-state index contributed by atoms with van der Waals surface area (Å²) >= 11 is 1.60. The third-order valence-electron chi connectivity index (χ3n) is 3.56. The van der Waals surface area contributed by atoms with Crippen LogP contribution in [0.5, 0.6) is 0 Å². The Balaban J connectivity index is 1.68. The molecule has 5 heteroatoms. The molecule has 0 saturated heterocycles. The lowest BCUT2D eigenvalue weighted by Gasteiger charge is -2.18. The van der Waals surface area contributed by atoms with Crippen molar-refractivity contribution in [2.45, 2.75) is 6.04 Å². The standard InChI is InChI=1S/C19H17FN2OS/c20-15-10-8-14(9-11-15)19(17-7-4-12-24-17)21-13-18(23)22-16-5-2-1-3-6-16/h1-12,19,21H,13H2,(H,22,23)/t19-/m0/s1. The number of para-hydroxylation sites is 1. The van der Waals surface area contributed by atoms with Crippen molar-refractivity contribution >= 4 is 22.9 Å². The van der Waals surface area contributed by atoms with Gasteiger partial charge in [-0.3, -0.25) is 10.1 Å². The predicted octanol–water partition coefficient (Wildman–Crippen LogP) is 4.20. The fraction of sp³-hybridized carbons (Fsp3) is 0.105. The smallest absolute Gasteiger partial charge is 0.238 e. The topological polar surface area (TPSA) is 41.1 Å². The summed E-state index contributed by atoms with van der Waals surface area (Å²) in [6.07, 6.45) is 0. The quantitative estimate of drug-likeness (QED) is 0.706. The van der Waals surface area contributed by atoms with Crippen molar-refractivity contribution in [2.75, 3.05) is 11.9 Å². The van der Waals surface area contributed by atoms with E-state index in [1.54, 1.807) is 23.5 Å². The molecule has 122 valence electrons. The normalized spacial score (nSPS) is 11.9. The van der Waals surface area contributed by atoms with E-state index in [0.717, 1.165) is 16.1 Å². The zero-order chi connectivity index (χ0) is 16.8. The Kier molecular flexibility index (Phi) is 5.36. The molecule has 3 aromatic rings. The van der Waals surface area contributed by atoms with Gasteiger partial charge in [-0.1, -0.05) is 36.4 Å². The van der Waals surface area contributed by atoms with Crippen LogP contribution in [0.25, 0.3) is 0 Å². The number of halogens is 1. The van der Waals surface area contributed by atoms with Crippen LogP contribution in [0.15, 0.2) is 72.1 Å². The minimum atomic E-state index is -0.273. The number of carbonyl (C=O) groups is 1. The number of anilines is 1. The van der Waals surface area contributed by atoms with Gasteiger partial charge in [0.2, 0.25) is 5.91 Å². The fourth-order valence-electron chi connectivity index (χ4n) is 2.41. The van der Waals surface area contributed by atoms with Gasteiger partial charge in [0.15, 0.2) is 0 Å². The van der Waals surface area contributed by atoms with Crippen LogP contribution >= 0.6 is 11.3 Å². The number of nitrogens with one attached hydrogen (secondary N) is 2. The molecule has 0 spiro atoms. The molecular weight excluding hydrogens is 323 g/mol. The molecule has 0 saturated carbocycles. The van der Waals surface area contributed by atoms with E-state index in [1.807, 2.05) is 47.8 Å². The Morgan fingerprint density at radius 3 is 2.42 bits per heavy atom. The predicted molar refractivity (Wildman–Crippen MR) is 95.6 cm³/mol. The summed E-state index contributed by atoms with van der Waals surface area (Å²) in [5.41, 5.74) is 1.69. The van der Waals surface area contributed by atoms with Gasteiger partial charge in [-0.05, 0) is 41.3 Å². The summed E-state index contributed by atoms with van der Waals surface area (Å²) in [4.78, 5) is 13.2. The molecule has 0 aliphatic rings. The Morgan fingerprint density at radius 2 is 1.75 bits per heavy atom. The first kappa shape index (κ1) is 16.4. The third-order valence-corrected chi connectivity index (χ3v) is 4.49. The third kappa shape index (κ3) is 4.28. The van der Waals surface area contributed by atoms with Crippen LogP contribution in [0, 0.1) is 5.82 Å². The number of thiophene rings is 1. The fourth-order valence-corrected chi connectivity index (χ4v) is 3.24. The average molecular weight is 340 g/mol. The van der Waals surface area contributed by atoms with Gasteiger partial charge >= 0.3 is 0 Å². The molecule has 0 radical (unpaired) electrons. The van der Waals surface area contributed by atoms with Crippen molar-refractivity contribution < 1.29 is 9.18 Å². The van der Waals surface area contributed by atoms with E-state index in [1.165, 1.54) is 12.1 Å². The molecule has 1 atom stereocenters. The zero-order valence-electron chi connectivity index (χ0n) is 12.9. The van der Waals surface area contributed by atoms with Crippen molar-refractivity contribution in [3.05, 3.63) is 88.4 Å². The molecule has 3 nitrogen and oxygen atoms in total. The molecule has 0 unspecified atom stereocenters. The number of carbonyl (C=O) groups excluding carboxylic acids is 1. The van der Waals surface area contributed by atoms with Crippen LogP contribution < -0.4 is 10.6 Å². The second-order valence-corrected chi connectivity index (χ2v) is 6.27. The number of amides is 1. The van der Waals surface area contributed by atoms with Gasteiger partial charge in [0, 0.05) is 10.6 Å². The molecule has 1 amide bonds. The number of rotatable bonds is 6. The van der Waals surface area contributed by atoms with E-state index in [9.17, 15) is 9.18 Å². The highest BCUT2D eigenvalue weighted by Crippen LogP contribution is 2.26. The molecule has 0 aliphatic heterocycles. The van der Waals surface area contributed by atoms with Crippen LogP contribution in [0.3, 0.4) is 0 Å². The molecule has 2 aromatic carbocycles. The monoisotopic (exact) mass is 340 g/mol. The molecule has 1 heterocycles. The van der Waals surface area contributed by atoms with Crippen molar-refractivity contribution in [3.8, 4) is 0 Å². The van der Waals surface area contributed by atoms with E-state index >= 15 is 0 Å². The maximum Gasteiger partial charge on any atom is 0.238 e. The second kappa shape index (κ2) is 7.86. The van der Waals surface area contributed by atoms with Crippen LogP contribution in [0.4, 0.5) is 10.1 Å². The van der Waals surface area contributed by atoms with E-state index in [0.29, 0.717) is 0 Å². The van der Waals surface area contributed by atoms with Crippen LogP contribution in [0.1, 0.15) is 16.5 Å². The molecule has 0 fully saturated rings. The van der Waals surface area contributed by atoms with Crippen LogP contribution in [0.2, 0.25) is 0 Å². The molecular formula is C19H17FN2OS. The summed E-state index contributed by atoms with van der Waals surface area (Å²) in [6.45, 7) is 0.162. The number of hydrogen-bond donors (Lipinski definition) is 2. The minimum Gasteiger partial charge on any atom is -0.325 e. The van der Waals surface area contributed by atoms with E-state index in [-0.39, 0.29) is 24.3 Å².